The van der Waals surface area contributed by atoms with E-state index in [1.165, 1.54) is 16.2 Å². The van der Waals surface area contributed by atoms with Crippen molar-refractivity contribution in [2.75, 3.05) is 10.2 Å². The Balaban J connectivity index is 1.32. The smallest absolute Gasteiger partial charge is 0.331 e. The van der Waals surface area contributed by atoms with Crippen molar-refractivity contribution in [1.29, 1.82) is 5.41 Å². The summed E-state index contributed by atoms with van der Waals surface area (Å²) in [7, 11) is 0. The molecule has 1 aliphatic heterocycles. The molecule has 1 atom stereocenters. The highest BCUT2D eigenvalue weighted by atomic mass is 32.1. The van der Waals surface area contributed by atoms with Crippen LogP contribution in [-0.2, 0) is 0 Å². The van der Waals surface area contributed by atoms with Crippen LogP contribution in [0.2, 0.25) is 0 Å². The van der Waals surface area contributed by atoms with Gasteiger partial charge in [-0.25, -0.2) is 14.8 Å². The topological polar surface area (TPSA) is 120 Å². The number of carbonyl (C=O) groups excluding carboxylic acids is 2. The molecule has 174 valence electrons. The van der Waals surface area contributed by atoms with Gasteiger partial charge >= 0.3 is 6.03 Å². The Morgan fingerprint density at radius 2 is 2.03 bits per heavy atom. The number of nitrogens with one attached hydrogen (secondary N) is 3. The summed E-state index contributed by atoms with van der Waals surface area (Å²) in [6.45, 7) is 0. The number of amides is 3. The monoisotopic (exact) mass is 484 g/mol. The number of hydrogen-bond donors (Lipinski definition) is 3. The number of aromatic nitrogens is 2. The fourth-order valence-electron chi connectivity index (χ4n) is 4.40. The molecule has 3 aromatic heterocycles. The summed E-state index contributed by atoms with van der Waals surface area (Å²) in [5.41, 5.74) is 2.31. The molecule has 0 unspecified atom stereocenters. The molecule has 1 aromatic carbocycles. The molecule has 0 radical (unpaired) electrons. The van der Waals surface area contributed by atoms with E-state index in [4.69, 9.17) is 10.1 Å². The maximum atomic E-state index is 13.2. The lowest BCUT2D eigenvalue weighted by molar-refractivity contribution is 0.0943. The third kappa shape index (κ3) is 3.87. The van der Waals surface area contributed by atoms with Crippen LogP contribution in [0.5, 0.6) is 11.6 Å². The molecule has 1 aliphatic carbocycles. The zero-order valence-corrected chi connectivity index (χ0v) is 19.3. The van der Waals surface area contributed by atoms with Crippen LogP contribution in [0, 0.1) is 5.41 Å². The average Bonchev–Trinajstić information content (AvgIpc) is 3.44. The fraction of sp³-hybridized carbons (Fsp3) is 0.160. The Labute approximate surface area is 204 Å². The van der Waals surface area contributed by atoms with Crippen LogP contribution in [0.15, 0.2) is 60.9 Å². The molecule has 10 heteroatoms. The Morgan fingerprint density at radius 3 is 2.77 bits per heavy atom. The second-order valence-corrected chi connectivity index (χ2v) is 9.37. The molecular formula is C25H20N6O3S. The summed E-state index contributed by atoms with van der Waals surface area (Å²) in [5, 5.41) is 14.4. The summed E-state index contributed by atoms with van der Waals surface area (Å²) >= 11 is 1.24. The number of rotatable bonds is 5. The lowest BCUT2D eigenvalue weighted by Gasteiger charge is -2.28. The Morgan fingerprint density at radius 1 is 1.17 bits per heavy atom. The number of hydrogen-bond acceptors (Lipinski definition) is 7. The zero-order chi connectivity index (χ0) is 23.9. The molecule has 0 spiro atoms. The van der Waals surface area contributed by atoms with Crippen LogP contribution in [0.1, 0.15) is 28.9 Å². The van der Waals surface area contributed by atoms with Gasteiger partial charge in [0.25, 0.3) is 5.91 Å². The third-order valence-electron chi connectivity index (χ3n) is 6.02. The molecule has 4 heterocycles. The maximum Gasteiger partial charge on any atom is 0.331 e. The van der Waals surface area contributed by atoms with Gasteiger partial charge in [-0.3, -0.25) is 9.69 Å². The summed E-state index contributed by atoms with van der Waals surface area (Å²) in [6, 6.07) is 14.1. The molecule has 3 N–H and O–H groups in total. The van der Waals surface area contributed by atoms with Crippen molar-refractivity contribution in [1.82, 2.24) is 15.3 Å². The summed E-state index contributed by atoms with van der Waals surface area (Å²) in [5.74, 6) is 0.821. The molecule has 0 saturated heterocycles. The van der Waals surface area contributed by atoms with E-state index in [0.717, 1.165) is 6.42 Å². The molecular weight excluding hydrogens is 464 g/mol. The maximum absolute atomic E-state index is 13.2. The zero-order valence-electron chi connectivity index (χ0n) is 18.4. The van der Waals surface area contributed by atoms with Gasteiger partial charge in [0.1, 0.15) is 15.5 Å². The second kappa shape index (κ2) is 8.48. The molecule has 0 bridgehead atoms. The van der Waals surface area contributed by atoms with E-state index in [1.807, 2.05) is 30.3 Å². The number of anilines is 3. The van der Waals surface area contributed by atoms with E-state index in [0.29, 0.717) is 62.3 Å². The van der Waals surface area contributed by atoms with Crippen molar-refractivity contribution >= 4 is 56.3 Å². The number of urea groups is 1. The third-order valence-corrected chi connectivity index (χ3v) is 7.12. The first-order chi connectivity index (χ1) is 17.1. The number of benzene rings is 1. The van der Waals surface area contributed by atoms with Crippen molar-refractivity contribution < 1.29 is 14.3 Å². The van der Waals surface area contributed by atoms with Crippen molar-refractivity contribution in [3.63, 3.8) is 0 Å². The van der Waals surface area contributed by atoms with E-state index < -0.39 is 6.03 Å². The second-order valence-electron chi connectivity index (χ2n) is 8.37. The van der Waals surface area contributed by atoms with Gasteiger partial charge in [0.2, 0.25) is 5.88 Å². The first kappa shape index (κ1) is 21.2. The van der Waals surface area contributed by atoms with Crippen LogP contribution in [0.3, 0.4) is 0 Å². The van der Waals surface area contributed by atoms with E-state index in [9.17, 15) is 9.59 Å². The van der Waals surface area contributed by atoms with Crippen molar-refractivity contribution in [3.8, 4) is 11.6 Å². The summed E-state index contributed by atoms with van der Waals surface area (Å²) in [4.78, 5) is 37.6. The normalized spacial score (nSPS) is 16.9. The molecule has 9 nitrogen and oxygen atoms in total. The van der Waals surface area contributed by atoms with Gasteiger partial charge in [0.05, 0.1) is 28.6 Å². The molecule has 1 fully saturated rings. The molecule has 35 heavy (non-hydrogen) atoms. The van der Waals surface area contributed by atoms with Gasteiger partial charge in [0.15, 0.2) is 0 Å². The van der Waals surface area contributed by atoms with Crippen LogP contribution >= 0.6 is 11.3 Å². The van der Waals surface area contributed by atoms with E-state index in [-0.39, 0.29) is 11.9 Å². The molecule has 3 amide bonds. The molecule has 2 aliphatic rings. The SMILES string of the molecule is N=C1CC[C@H](NC(=O)c2sc3nccc4c3c2NC(=O)N4c2ccc(Oc3ccccc3)nc2)C1. The predicted molar refractivity (Wildman–Crippen MR) is 134 cm³/mol. The number of thiophene rings is 1. The largest absolute Gasteiger partial charge is 0.439 e. The Bertz CT molecular complexity index is 1470. The van der Waals surface area contributed by atoms with E-state index in [1.54, 1.807) is 30.6 Å². The van der Waals surface area contributed by atoms with Crippen LogP contribution in [0.4, 0.5) is 21.9 Å². The van der Waals surface area contributed by atoms with Gasteiger partial charge in [-0.1, -0.05) is 18.2 Å². The van der Waals surface area contributed by atoms with Gasteiger partial charge < -0.3 is 20.8 Å². The van der Waals surface area contributed by atoms with Crippen molar-refractivity contribution in [2.24, 2.45) is 0 Å². The van der Waals surface area contributed by atoms with Gasteiger partial charge in [0, 0.05) is 30.4 Å². The first-order valence-corrected chi connectivity index (χ1v) is 12.0. The number of carbonyl (C=O) groups is 2. The molecule has 6 rings (SSSR count). The number of nitrogens with zero attached hydrogens (tertiary/aromatic N) is 3. The van der Waals surface area contributed by atoms with Crippen molar-refractivity contribution in [3.05, 3.63) is 65.8 Å². The quantitative estimate of drug-likeness (QED) is 0.347. The summed E-state index contributed by atoms with van der Waals surface area (Å²) < 4.78 is 5.76. The Kier molecular flexibility index (Phi) is 5.14. The van der Waals surface area contributed by atoms with E-state index >= 15 is 0 Å². The summed E-state index contributed by atoms with van der Waals surface area (Å²) in [6.07, 6.45) is 5.22. The van der Waals surface area contributed by atoms with Gasteiger partial charge in [-0.2, -0.15) is 0 Å². The number of pyridine rings is 2. The fourth-order valence-corrected chi connectivity index (χ4v) is 5.42. The van der Waals surface area contributed by atoms with Gasteiger partial charge in [-0.05, 0) is 37.1 Å². The van der Waals surface area contributed by atoms with Crippen LogP contribution < -0.4 is 20.3 Å². The predicted octanol–water partition coefficient (Wildman–Crippen LogP) is 5.47. The first-order valence-electron chi connectivity index (χ1n) is 11.2. The lowest BCUT2D eigenvalue weighted by Crippen LogP contribution is -2.36. The highest BCUT2D eigenvalue weighted by Gasteiger charge is 2.33. The highest BCUT2D eigenvalue weighted by Crippen LogP contribution is 2.45. The highest BCUT2D eigenvalue weighted by molar-refractivity contribution is 7.21. The van der Waals surface area contributed by atoms with Crippen LogP contribution in [0.25, 0.3) is 10.2 Å². The molecule has 1 saturated carbocycles. The average molecular weight is 485 g/mol. The molecule has 4 aromatic rings. The number of para-hydroxylation sites is 1. The minimum Gasteiger partial charge on any atom is -0.439 e. The lowest BCUT2D eigenvalue weighted by atomic mass is 10.1. The minimum atomic E-state index is -0.390. The number of ether oxygens (including phenoxy) is 1. The standard InChI is InChI=1S/C25H20N6O3S/c26-14-6-7-15(12-14)29-23(32)22-21-20-18(10-11-27-24(20)35-22)31(25(33)30-21)16-8-9-19(28-13-16)34-17-4-2-1-3-5-17/h1-5,8-11,13,15,26H,6-7,12H2,(H,29,32)(H,30,33)/t15-/m0/s1. The van der Waals surface area contributed by atoms with Crippen molar-refractivity contribution in [2.45, 2.75) is 25.3 Å². The van der Waals surface area contributed by atoms with Crippen LogP contribution in [-0.4, -0.2) is 33.7 Å². The minimum absolute atomic E-state index is 0.0571. The van der Waals surface area contributed by atoms with E-state index in [2.05, 4.69) is 20.6 Å². The Hall–Kier alpha value is -4.31. The van der Waals surface area contributed by atoms with Gasteiger partial charge in [-0.15, -0.1) is 11.3 Å².